The lowest BCUT2D eigenvalue weighted by Gasteiger charge is -2.22. The third kappa shape index (κ3) is 2.82. The molecule has 0 fully saturated rings. The summed E-state index contributed by atoms with van der Waals surface area (Å²) in [6.07, 6.45) is 4.36. The Morgan fingerprint density at radius 3 is 2.84 bits per heavy atom. The Bertz CT molecular complexity index is 962. The zero-order valence-electron chi connectivity index (χ0n) is 14.0. The number of carbonyl (C=O) groups is 1. The third-order valence-electron chi connectivity index (χ3n) is 5.08. The van der Waals surface area contributed by atoms with Crippen molar-refractivity contribution in [3.63, 3.8) is 0 Å². The number of carbonyl (C=O) groups excluding carboxylic acids is 1. The molecule has 0 saturated heterocycles. The zero-order chi connectivity index (χ0) is 17.6. The van der Waals surface area contributed by atoms with Crippen LogP contribution >= 0.6 is 11.3 Å². The largest absolute Gasteiger partial charge is 0.397 e. The summed E-state index contributed by atoms with van der Waals surface area (Å²) in [6.45, 7) is 2.22. The van der Waals surface area contributed by atoms with E-state index >= 15 is 0 Å². The summed E-state index contributed by atoms with van der Waals surface area (Å²) >= 11 is 1.33. The fraction of sp³-hybridized carbons (Fsp3) is 0.300. The van der Waals surface area contributed by atoms with E-state index in [0.717, 1.165) is 28.8 Å². The Morgan fingerprint density at radius 1 is 1.36 bits per heavy atom. The average molecular weight is 354 g/mol. The van der Waals surface area contributed by atoms with Crippen LogP contribution in [0.1, 0.15) is 46.3 Å². The molecule has 0 radical (unpaired) electrons. The summed E-state index contributed by atoms with van der Waals surface area (Å²) < 4.78 is 13.1. The number of anilines is 1. The van der Waals surface area contributed by atoms with Gasteiger partial charge in [-0.15, -0.1) is 11.3 Å². The maximum absolute atomic E-state index is 13.1. The molecule has 0 saturated carbocycles. The SMILES string of the molecule is CC[C@H]1CCc2nc3sc(C(=O)c4ccc(F)cc4)c(N)c3cc2C1. The number of aromatic nitrogens is 1. The Kier molecular flexibility index (Phi) is 4.04. The smallest absolute Gasteiger partial charge is 0.205 e. The number of nitrogens with two attached hydrogens (primary N) is 1. The third-order valence-corrected chi connectivity index (χ3v) is 6.19. The number of halogens is 1. The number of fused-ring (bicyclic) bond motifs is 2. The van der Waals surface area contributed by atoms with E-state index < -0.39 is 0 Å². The summed E-state index contributed by atoms with van der Waals surface area (Å²) in [4.78, 5) is 18.8. The Morgan fingerprint density at radius 2 is 2.12 bits per heavy atom. The molecule has 1 aliphatic carbocycles. The highest BCUT2D eigenvalue weighted by Crippen LogP contribution is 2.37. The lowest BCUT2D eigenvalue weighted by Crippen LogP contribution is -2.14. The van der Waals surface area contributed by atoms with Gasteiger partial charge >= 0.3 is 0 Å². The van der Waals surface area contributed by atoms with Crippen molar-refractivity contribution in [1.29, 1.82) is 0 Å². The number of ketones is 1. The van der Waals surface area contributed by atoms with Crippen molar-refractivity contribution in [2.45, 2.75) is 32.6 Å². The molecule has 2 aromatic heterocycles. The van der Waals surface area contributed by atoms with Gasteiger partial charge in [-0.05, 0) is 61.1 Å². The first kappa shape index (κ1) is 16.2. The molecular weight excluding hydrogens is 335 g/mol. The van der Waals surface area contributed by atoms with Crippen molar-refractivity contribution in [3.05, 3.63) is 57.8 Å². The van der Waals surface area contributed by atoms with Crippen molar-refractivity contribution >= 4 is 33.0 Å². The van der Waals surface area contributed by atoms with Gasteiger partial charge in [0.25, 0.3) is 0 Å². The van der Waals surface area contributed by atoms with E-state index in [2.05, 4.69) is 13.0 Å². The standard InChI is InChI=1S/C20H19FN2OS/c1-2-11-3-8-16-13(9-11)10-15-17(22)19(25-20(15)23-16)18(24)12-4-6-14(21)7-5-12/h4-7,10-11H,2-3,8-9,22H2,1H3/t11-/m0/s1. The van der Waals surface area contributed by atoms with Crippen LogP contribution in [0, 0.1) is 11.7 Å². The summed E-state index contributed by atoms with van der Waals surface area (Å²) in [5.74, 6) is 0.164. The van der Waals surface area contributed by atoms with Crippen molar-refractivity contribution < 1.29 is 9.18 Å². The first-order valence-corrected chi connectivity index (χ1v) is 9.39. The van der Waals surface area contributed by atoms with Gasteiger partial charge in [0.1, 0.15) is 15.5 Å². The van der Waals surface area contributed by atoms with Gasteiger partial charge in [-0.3, -0.25) is 4.79 Å². The molecule has 2 N–H and O–H groups in total. The van der Waals surface area contributed by atoms with Crippen molar-refractivity contribution in [1.82, 2.24) is 4.98 Å². The minimum atomic E-state index is -0.360. The van der Waals surface area contributed by atoms with Crippen molar-refractivity contribution in [2.75, 3.05) is 5.73 Å². The van der Waals surface area contributed by atoms with E-state index in [-0.39, 0.29) is 11.6 Å². The highest BCUT2D eigenvalue weighted by molar-refractivity contribution is 7.21. The summed E-state index contributed by atoms with van der Waals surface area (Å²) in [7, 11) is 0. The molecule has 1 aliphatic rings. The maximum atomic E-state index is 13.1. The van der Waals surface area contributed by atoms with Crippen LogP contribution in [0.4, 0.5) is 10.1 Å². The normalized spacial score (nSPS) is 16.8. The number of hydrogen-bond acceptors (Lipinski definition) is 4. The Hall–Kier alpha value is -2.27. The van der Waals surface area contributed by atoms with E-state index in [0.29, 0.717) is 22.0 Å². The lowest BCUT2D eigenvalue weighted by atomic mass is 9.85. The zero-order valence-corrected chi connectivity index (χ0v) is 14.8. The predicted molar refractivity (Wildman–Crippen MR) is 99.7 cm³/mol. The molecule has 4 rings (SSSR count). The number of aryl methyl sites for hydroxylation is 1. The number of pyridine rings is 1. The fourth-order valence-electron chi connectivity index (χ4n) is 3.52. The Balaban J connectivity index is 1.77. The van der Waals surface area contributed by atoms with Crippen LogP contribution in [0.5, 0.6) is 0 Å². The molecular formula is C20H19FN2OS. The number of nitrogens with zero attached hydrogens (tertiary/aromatic N) is 1. The minimum absolute atomic E-state index is 0.176. The summed E-state index contributed by atoms with van der Waals surface area (Å²) in [5.41, 5.74) is 9.61. The molecule has 0 spiro atoms. The second kappa shape index (κ2) is 6.23. The lowest BCUT2D eigenvalue weighted by molar-refractivity contribution is 0.104. The van der Waals surface area contributed by atoms with Crippen molar-refractivity contribution in [2.24, 2.45) is 5.92 Å². The van der Waals surface area contributed by atoms with Crippen LogP contribution in [0.2, 0.25) is 0 Å². The molecule has 3 nitrogen and oxygen atoms in total. The van der Waals surface area contributed by atoms with E-state index in [1.807, 2.05) is 0 Å². The van der Waals surface area contributed by atoms with Gasteiger partial charge in [0.2, 0.25) is 5.78 Å². The van der Waals surface area contributed by atoms with E-state index in [4.69, 9.17) is 10.7 Å². The quantitative estimate of drug-likeness (QED) is 0.690. The van der Waals surface area contributed by atoms with Gasteiger partial charge in [-0.1, -0.05) is 13.3 Å². The van der Waals surface area contributed by atoms with Crippen LogP contribution in [0.15, 0.2) is 30.3 Å². The fourth-order valence-corrected chi connectivity index (χ4v) is 4.57. The van der Waals surface area contributed by atoms with E-state index in [9.17, 15) is 9.18 Å². The molecule has 0 bridgehead atoms. The molecule has 1 atom stereocenters. The second-order valence-corrected chi connectivity index (χ2v) is 7.64. The van der Waals surface area contributed by atoms with Crippen LogP contribution < -0.4 is 5.73 Å². The molecule has 0 unspecified atom stereocenters. The maximum Gasteiger partial charge on any atom is 0.205 e. The monoisotopic (exact) mass is 354 g/mol. The molecule has 25 heavy (non-hydrogen) atoms. The first-order chi connectivity index (χ1) is 12.1. The Labute approximate surface area is 149 Å². The molecule has 3 aromatic rings. The van der Waals surface area contributed by atoms with Crippen LogP contribution in [-0.4, -0.2) is 10.8 Å². The summed E-state index contributed by atoms with van der Waals surface area (Å²) in [6, 6.07) is 7.68. The van der Waals surface area contributed by atoms with E-state index in [1.165, 1.54) is 54.0 Å². The highest BCUT2D eigenvalue weighted by Gasteiger charge is 2.23. The van der Waals surface area contributed by atoms with Gasteiger partial charge in [0.15, 0.2) is 0 Å². The van der Waals surface area contributed by atoms with Gasteiger partial charge in [0, 0.05) is 16.6 Å². The first-order valence-electron chi connectivity index (χ1n) is 8.57. The number of benzene rings is 1. The minimum Gasteiger partial charge on any atom is -0.397 e. The molecule has 0 aliphatic heterocycles. The van der Waals surface area contributed by atoms with Gasteiger partial charge in [-0.25, -0.2) is 9.37 Å². The van der Waals surface area contributed by atoms with Gasteiger partial charge in [0.05, 0.1) is 5.69 Å². The number of thiophene rings is 1. The number of nitrogen functional groups attached to an aromatic ring is 1. The topological polar surface area (TPSA) is 56.0 Å². The predicted octanol–water partition coefficient (Wildman–Crippen LogP) is 4.76. The van der Waals surface area contributed by atoms with Crippen LogP contribution in [0.25, 0.3) is 10.2 Å². The summed E-state index contributed by atoms with van der Waals surface area (Å²) in [5, 5.41) is 0.867. The number of rotatable bonds is 3. The molecule has 5 heteroatoms. The molecule has 1 aromatic carbocycles. The highest BCUT2D eigenvalue weighted by atomic mass is 32.1. The second-order valence-electron chi connectivity index (χ2n) is 6.64. The van der Waals surface area contributed by atoms with Crippen LogP contribution in [-0.2, 0) is 12.8 Å². The molecule has 128 valence electrons. The van der Waals surface area contributed by atoms with Gasteiger partial charge in [-0.2, -0.15) is 0 Å². The average Bonchev–Trinajstić information content (AvgIpc) is 2.95. The van der Waals surface area contributed by atoms with Crippen molar-refractivity contribution in [3.8, 4) is 0 Å². The molecule has 2 heterocycles. The van der Waals surface area contributed by atoms with E-state index in [1.54, 1.807) is 0 Å². The molecule has 0 amide bonds. The van der Waals surface area contributed by atoms with Crippen LogP contribution in [0.3, 0.4) is 0 Å². The van der Waals surface area contributed by atoms with Gasteiger partial charge < -0.3 is 5.73 Å². The number of hydrogen-bond donors (Lipinski definition) is 1.